The van der Waals surface area contributed by atoms with Gasteiger partial charge in [-0.25, -0.2) is 14.4 Å². The summed E-state index contributed by atoms with van der Waals surface area (Å²) in [4.78, 5) is 93.1. The van der Waals surface area contributed by atoms with Crippen LogP contribution >= 0.6 is 0 Å². The maximum Gasteiger partial charge on any atom is 0.407 e. The first kappa shape index (κ1) is 39.0. The number of fused-ring (bicyclic) bond motifs is 3. The minimum atomic E-state index is -1.29. The van der Waals surface area contributed by atoms with E-state index < -0.39 is 53.9 Å². The number of hydrogen-bond acceptors (Lipinski definition) is 10. The number of carbonyl (C=O) groups excluding carboxylic acids is 7. The van der Waals surface area contributed by atoms with Gasteiger partial charge >= 0.3 is 18.2 Å². The number of alkyl carbamates (subject to hydrolysis) is 2. The summed E-state index contributed by atoms with van der Waals surface area (Å²) in [7, 11) is 1.47. The monoisotopic (exact) mass is 741 g/mol. The molecule has 3 aromatic rings. The normalized spacial score (nSPS) is 14.0. The van der Waals surface area contributed by atoms with Crippen molar-refractivity contribution in [3.63, 3.8) is 0 Å². The molecule has 15 nitrogen and oxygen atoms in total. The summed E-state index contributed by atoms with van der Waals surface area (Å²) in [5.41, 5.74) is 4.66. The van der Waals surface area contributed by atoms with Crippen molar-refractivity contribution in [3.05, 3.63) is 94.5 Å². The van der Waals surface area contributed by atoms with Crippen molar-refractivity contribution < 1.29 is 47.9 Å². The number of benzene rings is 3. The molecule has 1 aliphatic carbocycles. The number of rotatable bonds is 13. The average molecular weight is 742 g/mol. The van der Waals surface area contributed by atoms with Crippen molar-refractivity contribution in [2.45, 2.75) is 77.1 Å². The van der Waals surface area contributed by atoms with Crippen LogP contribution in [0.4, 0.5) is 9.59 Å². The molecule has 4 N–H and O–H groups in total. The van der Waals surface area contributed by atoms with Crippen LogP contribution in [0.3, 0.4) is 0 Å². The van der Waals surface area contributed by atoms with Gasteiger partial charge in [-0.15, -0.1) is 5.06 Å². The first-order valence-electron chi connectivity index (χ1n) is 17.5. The predicted molar refractivity (Wildman–Crippen MR) is 193 cm³/mol. The van der Waals surface area contributed by atoms with Crippen molar-refractivity contribution in [1.82, 2.24) is 26.3 Å². The Morgan fingerprint density at radius 2 is 1.46 bits per heavy atom. The summed E-state index contributed by atoms with van der Waals surface area (Å²) in [5.74, 6) is -3.54. The van der Waals surface area contributed by atoms with Crippen molar-refractivity contribution in [2.24, 2.45) is 0 Å². The fraction of sp³-hybridized carbons (Fsp3) is 0.359. The van der Waals surface area contributed by atoms with Crippen molar-refractivity contribution in [3.8, 4) is 11.1 Å². The molecule has 284 valence electrons. The van der Waals surface area contributed by atoms with Crippen LogP contribution in [0.5, 0.6) is 0 Å². The lowest BCUT2D eigenvalue weighted by Crippen LogP contribution is -2.47. The predicted octanol–water partition coefficient (Wildman–Crippen LogP) is 3.98. The van der Waals surface area contributed by atoms with Gasteiger partial charge in [0.25, 0.3) is 17.7 Å². The van der Waals surface area contributed by atoms with E-state index in [1.54, 1.807) is 39.0 Å². The molecule has 0 unspecified atom stereocenters. The second kappa shape index (κ2) is 17.1. The fourth-order valence-corrected chi connectivity index (χ4v) is 6.17. The van der Waals surface area contributed by atoms with Crippen LogP contribution in [0, 0.1) is 0 Å². The molecule has 5 rings (SSSR count). The van der Waals surface area contributed by atoms with E-state index in [1.165, 1.54) is 7.05 Å². The molecule has 6 amide bonds. The van der Waals surface area contributed by atoms with Crippen LogP contribution < -0.4 is 21.3 Å². The van der Waals surface area contributed by atoms with Gasteiger partial charge in [-0.1, -0.05) is 60.7 Å². The quantitative estimate of drug-likeness (QED) is 0.186. The van der Waals surface area contributed by atoms with Crippen molar-refractivity contribution >= 4 is 41.8 Å². The van der Waals surface area contributed by atoms with Gasteiger partial charge in [-0.3, -0.25) is 19.2 Å². The molecule has 0 spiro atoms. The highest BCUT2D eigenvalue weighted by atomic mass is 16.7. The second-order valence-electron chi connectivity index (χ2n) is 13.8. The molecule has 15 heteroatoms. The zero-order valence-electron chi connectivity index (χ0n) is 30.5. The molecule has 1 heterocycles. The Morgan fingerprint density at radius 3 is 2.07 bits per heavy atom. The van der Waals surface area contributed by atoms with Crippen LogP contribution in [0.25, 0.3) is 11.1 Å². The number of hydroxylamine groups is 2. The molecule has 0 radical (unpaired) electrons. The highest BCUT2D eigenvalue weighted by molar-refractivity contribution is 6.01. The van der Waals surface area contributed by atoms with E-state index in [9.17, 15) is 33.6 Å². The van der Waals surface area contributed by atoms with E-state index >= 15 is 0 Å². The zero-order chi connectivity index (χ0) is 39.0. The van der Waals surface area contributed by atoms with Crippen LogP contribution in [0.1, 0.15) is 85.0 Å². The lowest BCUT2D eigenvalue weighted by Gasteiger charge is -2.21. The number of amides is 6. The van der Waals surface area contributed by atoms with Gasteiger partial charge in [0.1, 0.15) is 18.2 Å². The summed E-state index contributed by atoms with van der Waals surface area (Å²) in [5, 5.41) is 10.9. The fourth-order valence-electron chi connectivity index (χ4n) is 6.17. The number of imide groups is 1. The van der Waals surface area contributed by atoms with Crippen LogP contribution in [0.15, 0.2) is 66.7 Å². The Kier molecular flexibility index (Phi) is 12.3. The number of carbonyl (C=O) groups is 7. The van der Waals surface area contributed by atoms with Gasteiger partial charge in [-0.05, 0) is 66.6 Å². The maximum absolute atomic E-state index is 13.6. The van der Waals surface area contributed by atoms with Crippen LogP contribution in [-0.2, 0) is 46.6 Å². The number of nitrogens with one attached hydrogen (secondary N) is 4. The lowest BCUT2D eigenvalue weighted by molar-refractivity contribution is -0.197. The standard InChI is InChI=1S/C39H43N5O10/c1-39(2,3)53-37(50)42-21-24-19-23(13-14-25(24)35(48)40-4)20-41-36(49)31(15-18-34(47)54-44-32(45)16-17-33(44)46)43-38(51)52-22-30-28-11-7-5-9-26(28)27-10-6-8-12-29(27)30/h5-14,19,30-31H,15-18,20-22H2,1-4H3,(H,40,48)(H,41,49)(H,42,50)(H,43,51)/t31-/m0/s1. The first-order chi connectivity index (χ1) is 25.7. The highest BCUT2D eigenvalue weighted by Crippen LogP contribution is 2.44. The summed E-state index contributed by atoms with van der Waals surface area (Å²) in [6, 6.07) is 19.2. The van der Waals surface area contributed by atoms with Gasteiger partial charge in [0.2, 0.25) is 5.91 Å². The average Bonchev–Trinajstić information content (AvgIpc) is 3.64. The third-order valence-corrected chi connectivity index (χ3v) is 8.72. The molecular formula is C39H43N5O10. The lowest BCUT2D eigenvalue weighted by atomic mass is 9.98. The van der Waals surface area contributed by atoms with Crippen LogP contribution in [0.2, 0.25) is 0 Å². The molecule has 54 heavy (non-hydrogen) atoms. The Morgan fingerprint density at radius 1 is 0.833 bits per heavy atom. The molecule has 2 aliphatic rings. The Balaban J connectivity index is 1.26. The first-order valence-corrected chi connectivity index (χ1v) is 17.5. The Bertz CT molecular complexity index is 1890. The summed E-state index contributed by atoms with van der Waals surface area (Å²) >= 11 is 0. The van der Waals surface area contributed by atoms with Gasteiger partial charge in [-0.2, -0.15) is 0 Å². The van der Waals surface area contributed by atoms with Crippen LogP contribution in [-0.4, -0.2) is 72.1 Å². The smallest absolute Gasteiger partial charge is 0.407 e. The Labute approximate surface area is 312 Å². The molecule has 1 aliphatic heterocycles. The van der Waals surface area contributed by atoms with E-state index in [4.69, 9.17) is 14.3 Å². The molecule has 0 bridgehead atoms. The van der Waals surface area contributed by atoms with Crippen molar-refractivity contribution in [2.75, 3.05) is 13.7 Å². The minimum Gasteiger partial charge on any atom is -0.449 e. The summed E-state index contributed by atoms with van der Waals surface area (Å²) < 4.78 is 10.9. The molecule has 1 saturated heterocycles. The largest absolute Gasteiger partial charge is 0.449 e. The maximum atomic E-state index is 13.6. The van der Waals surface area contributed by atoms with Gasteiger partial charge in [0, 0.05) is 44.5 Å². The number of ether oxygens (including phenoxy) is 2. The van der Waals surface area contributed by atoms with Gasteiger partial charge in [0.05, 0.1) is 6.42 Å². The third kappa shape index (κ3) is 9.79. The molecule has 1 atom stereocenters. The summed E-state index contributed by atoms with van der Waals surface area (Å²) in [6.07, 6.45) is -2.43. The van der Waals surface area contributed by atoms with E-state index in [2.05, 4.69) is 21.3 Å². The van der Waals surface area contributed by atoms with E-state index in [-0.39, 0.29) is 50.8 Å². The summed E-state index contributed by atoms with van der Waals surface area (Å²) in [6.45, 7) is 5.04. The third-order valence-electron chi connectivity index (χ3n) is 8.72. The zero-order valence-corrected chi connectivity index (χ0v) is 30.5. The molecule has 1 fully saturated rings. The van der Waals surface area contributed by atoms with E-state index in [0.717, 1.165) is 22.3 Å². The van der Waals surface area contributed by atoms with Gasteiger partial charge < -0.3 is 35.6 Å². The SMILES string of the molecule is CNC(=O)c1ccc(CNC(=O)[C@H](CCC(=O)ON2C(=O)CCC2=O)NC(=O)OCC2c3ccccc3-c3ccccc32)cc1CNC(=O)OC(C)(C)C. The molecular weight excluding hydrogens is 698 g/mol. The van der Waals surface area contributed by atoms with Crippen molar-refractivity contribution in [1.29, 1.82) is 0 Å². The topological polar surface area (TPSA) is 199 Å². The van der Waals surface area contributed by atoms with E-state index in [0.29, 0.717) is 21.8 Å². The number of hydrogen-bond donors (Lipinski definition) is 4. The molecule has 0 saturated carbocycles. The van der Waals surface area contributed by atoms with Gasteiger partial charge in [0.15, 0.2) is 0 Å². The highest BCUT2D eigenvalue weighted by Gasteiger charge is 2.34. The Hall–Kier alpha value is -6.25. The molecule has 0 aromatic heterocycles. The number of nitrogens with zero attached hydrogens (tertiary/aromatic N) is 1. The minimum absolute atomic E-state index is 0.0206. The van der Waals surface area contributed by atoms with E-state index in [1.807, 2.05) is 48.5 Å². The molecule has 3 aromatic carbocycles. The second-order valence-corrected chi connectivity index (χ2v) is 13.8.